The maximum absolute atomic E-state index is 12.5. The highest BCUT2D eigenvalue weighted by Gasteiger charge is 2.17. The van der Waals surface area contributed by atoms with Crippen LogP contribution in [-0.2, 0) is 6.61 Å². The number of ether oxygens (including phenoxy) is 1. The Hall–Kier alpha value is -3.84. The van der Waals surface area contributed by atoms with E-state index < -0.39 is 0 Å². The SMILES string of the molecule is CNC(=O)c1cccc2c(Nc3cc(N)cc(CO)c3)c3cccc(OC)c3nc12. The molecule has 1 aromatic heterocycles. The van der Waals surface area contributed by atoms with Gasteiger partial charge in [-0.05, 0) is 35.9 Å². The summed E-state index contributed by atoms with van der Waals surface area (Å²) in [6.45, 7) is -0.119. The number of nitrogens with one attached hydrogen (secondary N) is 2. The van der Waals surface area contributed by atoms with Crippen molar-refractivity contribution in [1.82, 2.24) is 10.3 Å². The molecule has 4 rings (SSSR count). The zero-order valence-electron chi connectivity index (χ0n) is 16.7. The van der Waals surface area contributed by atoms with Crippen molar-refractivity contribution >= 4 is 44.8 Å². The van der Waals surface area contributed by atoms with Crippen LogP contribution >= 0.6 is 0 Å². The predicted molar refractivity (Wildman–Crippen MR) is 119 cm³/mol. The summed E-state index contributed by atoms with van der Waals surface area (Å²) in [5, 5.41) is 17.2. The zero-order chi connectivity index (χ0) is 21.3. The second kappa shape index (κ2) is 7.88. The van der Waals surface area contributed by atoms with Crippen molar-refractivity contribution in [3.63, 3.8) is 0 Å². The van der Waals surface area contributed by atoms with Gasteiger partial charge in [0.25, 0.3) is 5.91 Å². The molecule has 1 heterocycles. The van der Waals surface area contributed by atoms with Crippen LogP contribution in [0.3, 0.4) is 0 Å². The molecule has 7 heteroatoms. The third-order valence-electron chi connectivity index (χ3n) is 4.96. The maximum Gasteiger partial charge on any atom is 0.253 e. The fourth-order valence-corrected chi connectivity index (χ4v) is 3.61. The molecule has 30 heavy (non-hydrogen) atoms. The van der Waals surface area contributed by atoms with E-state index in [9.17, 15) is 9.90 Å². The summed E-state index contributed by atoms with van der Waals surface area (Å²) in [5.74, 6) is 0.382. The molecule has 0 aliphatic carbocycles. The highest BCUT2D eigenvalue weighted by atomic mass is 16.5. The number of fused-ring (bicyclic) bond motifs is 2. The number of pyridine rings is 1. The van der Waals surface area contributed by atoms with E-state index in [1.807, 2.05) is 36.4 Å². The summed E-state index contributed by atoms with van der Waals surface area (Å²) in [4.78, 5) is 17.2. The van der Waals surface area contributed by atoms with Crippen LogP contribution < -0.4 is 21.1 Å². The van der Waals surface area contributed by atoms with Gasteiger partial charge in [0.2, 0.25) is 0 Å². The van der Waals surface area contributed by atoms with Gasteiger partial charge < -0.3 is 26.2 Å². The Bertz CT molecular complexity index is 1270. The minimum Gasteiger partial charge on any atom is -0.494 e. The molecule has 7 nitrogen and oxygen atoms in total. The third-order valence-corrected chi connectivity index (χ3v) is 4.96. The average molecular weight is 402 g/mol. The molecule has 0 spiro atoms. The van der Waals surface area contributed by atoms with Crippen molar-refractivity contribution in [2.75, 3.05) is 25.2 Å². The van der Waals surface area contributed by atoms with E-state index in [0.717, 1.165) is 22.1 Å². The number of aliphatic hydroxyl groups is 1. The van der Waals surface area contributed by atoms with E-state index in [-0.39, 0.29) is 12.5 Å². The molecular formula is C23H22N4O3. The molecular weight excluding hydrogens is 380 g/mol. The highest BCUT2D eigenvalue weighted by molar-refractivity contribution is 6.15. The Kier molecular flexibility index (Phi) is 5.12. The number of rotatable bonds is 5. The predicted octanol–water partition coefficient (Wildman–Crippen LogP) is 3.57. The van der Waals surface area contributed by atoms with E-state index >= 15 is 0 Å². The Morgan fingerprint density at radius 3 is 2.53 bits per heavy atom. The monoisotopic (exact) mass is 402 g/mol. The van der Waals surface area contributed by atoms with Crippen LogP contribution in [0.25, 0.3) is 21.8 Å². The van der Waals surface area contributed by atoms with Gasteiger partial charge in [0, 0.05) is 29.2 Å². The van der Waals surface area contributed by atoms with Crippen molar-refractivity contribution in [1.29, 1.82) is 0 Å². The third kappa shape index (κ3) is 3.35. The number of anilines is 3. The highest BCUT2D eigenvalue weighted by Crippen LogP contribution is 2.38. The van der Waals surface area contributed by atoms with Gasteiger partial charge in [0.05, 0.1) is 30.5 Å². The molecule has 5 N–H and O–H groups in total. The first-order chi connectivity index (χ1) is 14.5. The van der Waals surface area contributed by atoms with Crippen molar-refractivity contribution < 1.29 is 14.6 Å². The summed E-state index contributed by atoms with van der Waals surface area (Å²) < 4.78 is 5.52. The molecule has 0 bridgehead atoms. The normalized spacial score (nSPS) is 10.9. The lowest BCUT2D eigenvalue weighted by atomic mass is 10.0. The Morgan fingerprint density at radius 1 is 1.10 bits per heavy atom. The van der Waals surface area contributed by atoms with Crippen LogP contribution in [0, 0.1) is 0 Å². The number of nitrogen functional groups attached to an aromatic ring is 1. The van der Waals surface area contributed by atoms with Crippen LogP contribution in [0.5, 0.6) is 5.75 Å². The molecule has 0 unspecified atom stereocenters. The number of hydrogen-bond acceptors (Lipinski definition) is 6. The lowest BCUT2D eigenvalue weighted by Gasteiger charge is -2.17. The van der Waals surface area contributed by atoms with E-state index in [2.05, 4.69) is 10.6 Å². The van der Waals surface area contributed by atoms with Crippen LogP contribution in [0.2, 0.25) is 0 Å². The lowest BCUT2D eigenvalue weighted by Crippen LogP contribution is -2.18. The van der Waals surface area contributed by atoms with E-state index in [4.69, 9.17) is 15.5 Å². The average Bonchev–Trinajstić information content (AvgIpc) is 2.77. The van der Waals surface area contributed by atoms with Gasteiger partial charge in [0.1, 0.15) is 11.3 Å². The first kappa shape index (κ1) is 19.5. The second-order valence-corrected chi connectivity index (χ2v) is 6.87. The molecule has 0 radical (unpaired) electrons. The number of carbonyl (C=O) groups is 1. The topological polar surface area (TPSA) is 110 Å². The number of amides is 1. The number of hydrogen-bond donors (Lipinski definition) is 4. The van der Waals surface area contributed by atoms with E-state index in [0.29, 0.717) is 33.6 Å². The first-order valence-electron chi connectivity index (χ1n) is 9.44. The van der Waals surface area contributed by atoms with Crippen molar-refractivity contribution in [2.24, 2.45) is 0 Å². The van der Waals surface area contributed by atoms with E-state index in [1.54, 1.807) is 32.4 Å². The Balaban J connectivity index is 2.05. The fraction of sp³-hybridized carbons (Fsp3) is 0.130. The zero-order valence-corrected chi connectivity index (χ0v) is 16.7. The van der Waals surface area contributed by atoms with Gasteiger partial charge in [-0.15, -0.1) is 0 Å². The molecule has 3 aromatic carbocycles. The van der Waals surface area contributed by atoms with Gasteiger partial charge in [0.15, 0.2) is 0 Å². The molecule has 0 aliphatic heterocycles. The maximum atomic E-state index is 12.5. The van der Waals surface area contributed by atoms with Gasteiger partial charge in [-0.2, -0.15) is 0 Å². The fourth-order valence-electron chi connectivity index (χ4n) is 3.61. The second-order valence-electron chi connectivity index (χ2n) is 6.87. The number of nitrogens with zero attached hydrogens (tertiary/aromatic N) is 1. The van der Waals surface area contributed by atoms with E-state index in [1.165, 1.54) is 0 Å². The number of aromatic nitrogens is 1. The van der Waals surface area contributed by atoms with Crippen molar-refractivity contribution in [3.05, 3.63) is 65.7 Å². The molecule has 4 aromatic rings. The molecule has 0 saturated heterocycles. The smallest absolute Gasteiger partial charge is 0.253 e. The van der Waals surface area contributed by atoms with Gasteiger partial charge in [-0.1, -0.05) is 24.3 Å². The minimum absolute atomic E-state index is 0.119. The molecule has 0 aliphatic rings. The summed E-state index contributed by atoms with van der Waals surface area (Å²) in [6.07, 6.45) is 0. The van der Waals surface area contributed by atoms with Crippen LogP contribution in [0.1, 0.15) is 15.9 Å². The number of benzene rings is 3. The quantitative estimate of drug-likeness (QED) is 0.300. The standard InChI is InChI=1S/C23H22N4O3/c1-25-23(29)18-7-3-5-16-20(26-15-10-13(12-28)9-14(24)11-15)17-6-4-8-19(30-2)22(17)27-21(16)18/h3-11,28H,12,24H2,1-2H3,(H,25,29)(H,26,27). The summed E-state index contributed by atoms with van der Waals surface area (Å²) in [6, 6.07) is 16.5. The number of carbonyl (C=O) groups excluding carboxylic acids is 1. The lowest BCUT2D eigenvalue weighted by molar-refractivity contribution is 0.0964. The molecule has 152 valence electrons. The van der Waals surface area contributed by atoms with Crippen molar-refractivity contribution in [2.45, 2.75) is 6.61 Å². The Labute approximate surface area is 173 Å². The van der Waals surface area contributed by atoms with Gasteiger partial charge in [-0.25, -0.2) is 4.98 Å². The molecule has 0 fully saturated rings. The number of aliphatic hydroxyl groups excluding tert-OH is 1. The first-order valence-corrected chi connectivity index (χ1v) is 9.44. The number of nitrogens with two attached hydrogens (primary N) is 1. The number of methoxy groups -OCH3 is 1. The van der Waals surface area contributed by atoms with Crippen molar-refractivity contribution in [3.8, 4) is 5.75 Å². The Morgan fingerprint density at radius 2 is 1.83 bits per heavy atom. The largest absolute Gasteiger partial charge is 0.494 e. The number of para-hydroxylation sites is 2. The molecule has 0 saturated carbocycles. The van der Waals surface area contributed by atoms with Crippen LogP contribution in [-0.4, -0.2) is 30.2 Å². The molecule has 0 atom stereocenters. The minimum atomic E-state index is -0.222. The van der Waals surface area contributed by atoms with Crippen LogP contribution in [0.4, 0.5) is 17.1 Å². The summed E-state index contributed by atoms with van der Waals surface area (Å²) in [5.41, 5.74) is 10.4. The van der Waals surface area contributed by atoms with Gasteiger partial charge >= 0.3 is 0 Å². The molecule has 1 amide bonds. The van der Waals surface area contributed by atoms with Gasteiger partial charge in [-0.3, -0.25) is 4.79 Å². The summed E-state index contributed by atoms with van der Waals surface area (Å²) in [7, 11) is 3.18. The van der Waals surface area contributed by atoms with Crippen LogP contribution in [0.15, 0.2) is 54.6 Å². The summed E-state index contributed by atoms with van der Waals surface area (Å²) >= 11 is 0.